The minimum absolute atomic E-state index is 0.121. The van der Waals surface area contributed by atoms with Gasteiger partial charge in [-0.1, -0.05) is 28.2 Å². The summed E-state index contributed by atoms with van der Waals surface area (Å²) in [5, 5.41) is 10.6. The highest BCUT2D eigenvalue weighted by atomic mass is 16.2. The molecule has 2 heterocycles. The number of nitrogens with zero attached hydrogens (tertiary/aromatic N) is 4. The fourth-order valence-electron chi connectivity index (χ4n) is 1.92. The molecule has 0 aliphatic carbocycles. The van der Waals surface area contributed by atoms with E-state index in [0.29, 0.717) is 12.8 Å². The van der Waals surface area contributed by atoms with Crippen molar-refractivity contribution in [1.82, 2.24) is 20.3 Å². The summed E-state index contributed by atoms with van der Waals surface area (Å²) in [6.07, 6.45) is 1.09. The van der Waals surface area contributed by atoms with E-state index in [9.17, 15) is 9.59 Å². The van der Waals surface area contributed by atoms with Gasteiger partial charge in [-0.3, -0.25) is 4.79 Å². The van der Waals surface area contributed by atoms with Gasteiger partial charge < -0.3 is 0 Å². The molecule has 0 atom stereocenters. The Hall–Kier alpha value is -2.44. The maximum absolute atomic E-state index is 11.9. The molecule has 0 fully saturated rings. The summed E-state index contributed by atoms with van der Waals surface area (Å²) in [6, 6.07) is 7.51. The molecule has 1 aromatic carbocycles. The van der Waals surface area contributed by atoms with Crippen molar-refractivity contribution in [3.63, 3.8) is 0 Å². The zero-order chi connectivity index (χ0) is 11.8. The maximum Gasteiger partial charge on any atom is 0.382 e. The number of benzene rings is 1. The first kappa shape index (κ1) is 9.76. The molecule has 7 nitrogen and oxygen atoms in total. The Morgan fingerprint density at radius 3 is 2.76 bits per heavy atom. The van der Waals surface area contributed by atoms with E-state index in [4.69, 9.17) is 0 Å². The number of hydrogen-bond donors (Lipinski definition) is 1. The van der Waals surface area contributed by atoms with E-state index in [0.717, 1.165) is 16.2 Å². The second-order valence-electron chi connectivity index (χ2n) is 3.73. The number of carbonyl (C=O) groups is 1. The van der Waals surface area contributed by atoms with Crippen molar-refractivity contribution in [1.29, 1.82) is 0 Å². The molecule has 7 heteroatoms. The van der Waals surface area contributed by atoms with Crippen molar-refractivity contribution in [3.05, 3.63) is 40.3 Å². The third-order valence-corrected chi connectivity index (χ3v) is 2.67. The second kappa shape index (κ2) is 3.55. The number of anilines is 1. The normalized spacial score (nSPS) is 14.8. The molecule has 0 radical (unpaired) electrons. The Morgan fingerprint density at radius 1 is 1.18 bits per heavy atom. The first-order valence-electron chi connectivity index (χ1n) is 5.19. The molecular weight excluding hydrogens is 222 g/mol. The van der Waals surface area contributed by atoms with E-state index in [2.05, 4.69) is 15.4 Å². The molecule has 1 N–H and O–H groups in total. The number of aryl methyl sites for hydroxylation is 1. The number of rotatable bonds is 1. The van der Waals surface area contributed by atoms with Gasteiger partial charge in [0.05, 0.1) is 5.69 Å². The largest absolute Gasteiger partial charge is 0.382 e. The van der Waals surface area contributed by atoms with Gasteiger partial charge in [0.1, 0.15) is 0 Å². The molecule has 0 saturated carbocycles. The molecule has 0 spiro atoms. The molecule has 0 bridgehead atoms. The van der Waals surface area contributed by atoms with Gasteiger partial charge in [-0.2, -0.15) is 5.01 Å². The highest BCUT2D eigenvalue weighted by Gasteiger charge is 2.26. The number of para-hydroxylation sites is 1. The number of nitrogens with one attached hydrogen (secondary N) is 1. The van der Waals surface area contributed by atoms with Crippen molar-refractivity contribution < 1.29 is 4.79 Å². The van der Waals surface area contributed by atoms with Crippen molar-refractivity contribution in [2.75, 3.05) is 5.01 Å². The van der Waals surface area contributed by atoms with Crippen molar-refractivity contribution >= 4 is 11.6 Å². The van der Waals surface area contributed by atoms with Gasteiger partial charge in [0.2, 0.25) is 5.91 Å². The summed E-state index contributed by atoms with van der Waals surface area (Å²) in [7, 11) is 0. The van der Waals surface area contributed by atoms with Crippen LogP contribution in [0.1, 0.15) is 12.0 Å². The molecule has 2 aromatic rings. The van der Waals surface area contributed by atoms with Gasteiger partial charge in [-0.15, -0.1) is 0 Å². The average molecular weight is 231 g/mol. The summed E-state index contributed by atoms with van der Waals surface area (Å²) >= 11 is 0. The molecule has 0 saturated heterocycles. The maximum atomic E-state index is 11.9. The Kier molecular flexibility index (Phi) is 2.04. The predicted octanol–water partition coefficient (Wildman–Crippen LogP) is -0.291. The standard InChI is InChI=1S/C10H9N5O2/c16-9-6-5-7-3-1-2-4-8(7)14(9)15-12-10(17)11-13-15/h1-4H,5-6H2,(H,12,17). The van der Waals surface area contributed by atoms with Gasteiger partial charge in [-0.25, -0.2) is 9.89 Å². The zero-order valence-electron chi connectivity index (χ0n) is 8.83. The van der Waals surface area contributed by atoms with Crippen LogP contribution in [0.4, 0.5) is 5.69 Å². The number of aromatic nitrogens is 4. The summed E-state index contributed by atoms with van der Waals surface area (Å²) < 4.78 is 0. The molecule has 0 unspecified atom stereocenters. The number of tetrazole rings is 1. The summed E-state index contributed by atoms with van der Waals surface area (Å²) in [4.78, 5) is 23.9. The third kappa shape index (κ3) is 1.52. The van der Waals surface area contributed by atoms with E-state index in [1.165, 1.54) is 5.01 Å². The van der Waals surface area contributed by atoms with Crippen LogP contribution < -0.4 is 10.7 Å². The lowest BCUT2D eigenvalue weighted by Gasteiger charge is -2.27. The molecule has 1 aliphatic heterocycles. The minimum atomic E-state index is -0.583. The Morgan fingerprint density at radius 2 is 2.00 bits per heavy atom. The third-order valence-electron chi connectivity index (χ3n) is 2.67. The average Bonchev–Trinajstić information content (AvgIpc) is 2.75. The van der Waals surface area contributed by atoms with Gasteiger partial charge in [0, 0.05) is 6.42 Å². The number of H-pyrrole nitrogens is 1. The molecule has 86 valence electrons. The van der Waals surface area contributed by atoms with Crippen LogP contribution in [0.3, 0.4) is 0 Å². The lowest BCUT2D eigenvalue weighted by molar-refractivity contribution is -0.119. The number of carbonyl (C=O) groups excluding carboxylic acids is 1. The Bertz CT molecular complexity index is 629. The SMILES string of the molecule is O=C1CCc2ccccc2N1n1nnc(=O)[nH]1. The van der Waals surface area contributed by atoms with E-state index in [1.807, 2.05) is 24.3 Å². The van der Waals surface area contributed by atoms with Crippen molar-refractivity contribution in [2.24, 2.45) is 0 Å². The van der Waals surface area contributed by atoms with Crippen LogP contribution in [0, 0.1) is 0 Å². The van der Waals surface area contributed by atoms with Gasteiger partial charge in [-0.05, 0) is 23.3 Å². The van der Waals surface area contributed by atoms with Gasteiger partial charge in [0.15, 0.2) is 0 Å². The van der Waals surface area contributed by atoms with Gasteiger partial charge in [0.25, 0.3) is 0 Å². The van der Waals surface area contributed by atoms with Crippen molar-refractivity contribution in [3.8, 4) is 0 Å². The number of fused-ring (bicyclic) bond motifs is 1. The molecular formula is C10H9N5O2. The number of aromatic amines is 1. The number of amides is 1. The van der Waals surface area contributed by atoms with Crippen LogP contribution in [0.2, 0.25) is 0 Å². The fraction of sp³-hybridized carbons (Fsp3) is 0.200. The first-order chi connectivity index (χ1) is 8.25. The summed E-state index contributed by atoms with van der Waals surface area (Å²) in [6.45, 7) is 0. The van der Waals surface area contributed by atoms with Crippen LogP contribution in [0.5, 0.6) is 0 Å². The molecule has 1 amide bonds. The minimum Gasteiger partial charge on any atom is -0.272 e. The summed E-state index contributed by atoms with van der Waals surface area (Å²) in [5.41, 5.74) is 1.19. The van der Waals surface area contributed by atoms with Gasteiger partial charge >= 0.3 is 5.69 Å². The van der Waals surface area contributed by atoms with Crippen LogP contribution in [0.25, 0.3) is 0 Å². The highest BCUT2D eigenvalue weighted by Crippen LogP contribution is 2.26. The highest BCUT2D eigenvalue weighted by molar-refractivity contribution is 5.95. The van der Waals surface area contributed by atoms with Crippen LogP contribution in [-0.2, 0) is 11.2 Å². The van der Waals surface area contributed by atoms with Crippen LogP contribution in [-0.4, -0.2) is 26.2 Å². The monoisotopic (exact) mass is 231 g/mol. The lowest BCUT2D eigenvalue weighted by atomic mass is 10.0. The Labute approximate surface area is 95.6 Å². The quantitative estimate of drug-likeness (QED) is 0.730. The number of hydrogen-bond acceptors (Lipinski definition) is 4. The second-order valence-corrected chi connectivity index (χ2v) is 3.73. The topological polar surface area (TPSA) is 83.9 Å². The van der Waals surface area contributed by atoms with Crippen LogP contribution >= 0.6 is 0 Å². The molecule has 17 heavy (non-hydrogen) atoms. The van der Waals surface area contributed by atoms with E-state index < -0.39 is 5.69 Å². The first-order valence-corrected chi connectivity index (χ1v) is 5.19. The Balaban J connectivity index is 2.15. The van der Waals surface area contributed by atoms with E-state index in [-0.39, 0.29) is 5.91 Å². The van der Waals surface area contributed by atoms with Crippen LogP contribution in [0.15, 0.2) is 29.1 Å². The van der Waals surface area contributed by atoms with E-state index >= 15 is 0 Å². The molecule has 1 aromatic heterocycles. The fourth-order valence-corrected chi connectivity index (χ4v) is 1.92. The van der Waals surface area contributed by atoms with E-state index in [1.54, 1.807) is 0 Å². The summed E-state index contributed by atoms with van der Waals surface area (Å²) in [5.74, 6) is -0.121. The molecule has 3 rings (SSSR count). The zero-order valence-corrected chi connectivity index (χ0v) is 8.83. The molecule has 1 aliphatic rings. The smallest absolute Gasteiger partial charge is 0.272 e. The van der Waals surface area contributed by atoms with Crippen molar-refractivity contribution in [2.45, 2.75) is 12.8 Å². The lowest BCUT2D eigenvalue weighted by Crippen LogP contribution is -2.41. The predicted molar refractivity (Wildman–Crippen MR) is 58.3 cm³/mol.